The van der Waals surface area contributed by atoms with Gasteiger partial charge in [0.2, 0.25) is 0 Å². The molecule has 0 aromatic carbocycles. The lowest BCUT2D eigenvalue weighted by molar-refractivity contribution is 0.859. The highest BCUT2D eigenvalue weighted by Gasteiger charge is 2.02. The fourth-order valence-corrected chi connectivity index (χ4v) is 0.925. The number of rotatable bonds is 1. The first-order chi connectivity index (χ1) is 4.66. The van der Waals surface area contributed by atoms with E-state index < -0.39 is 0 Å². The van der Waals surface area contributed by atoms with Gasteiger partial charge < -0.3 is 4.57 Å². The van der Waals surface area contributed by atoms with Crippen molar-refractivity contribution in [1.29, 1.82) is 0 Å². The molecule has 54 valence electrons. The minimum absolute atomic E-state index is 0.940. The molecule has 1 rings (SSSR count). The first kappa shape index (κ1) is 7.06. The molecule has 0 N–H and O–H groups in total. The monoisotopic (exact) mass is 136 g/mol. The molecular formula is C8H12N2. The van der Waals surface area contributed by atoms with E-state index in [1.165, 1.54) is 5.69 Å². The van der Waals surface area contributed by atoms with Gasteiger partial charge in [-0.05, 0) is 19.9 Å². The van der Waals surface area contributed by atoms with Gasteiger partial charge in [0.1, 0.15) is 5.82 Å². The van der Waals surface area contributed by atoms with Crippen LogP contribution in [0.1, 0.15) is 17.2 Å². The number of imidazole rings is 1. The van der Waals surface area contributed by atoms with Crippen molar-refractivity contribution in [2.45, 2.75) is 13.8 Å². The average molecular weight is 136 g/mol. The maximum atomic E-state index is 4.27. The molecule has 0 saturated carbocycles. The van der Waals surface area contributed by atoms with Crippen molar-refractivity contribution < 1.29 is 0 Å². The minimum Gasteiger partial charge on any atom is -0.332 e. The lowest BCUT2D eigenvalue weighted by Gasteiger charge is -1.95. The Morgan fingerprint density at radius 3 is 2.30 bits per heavy atom. The summed E-state index contributed by atoms with van der Waals surface area (Å²) in [5.74, 6) is 0.940. The van der Waals surface area contributed by atoms with E-state index in [1.807, 2.05) is 18.5 Å². The van der Waals surface area contributed by atoms with E-state index >= 15 is 0 Å². The Labute approximate surface area is 61.2 Å². The highest BCUT2D eigenvalue weighted by atomic mass is 15.1. The van der Waals surface area contributed by atoms with Crippen LogP contribution in [-0.4, -0.2) is 9.55 Å². The van der Waals surface area contributed by atoms with E-state index in [0.29, 0.717) is 0 Å². The molecule has 0 aliphatic rings. The Hall–Kier alpha value is -1.05. The summed E-state index contributed by atoms with van der Waals surface area (Å²) in [6.45, 7) is 7.72. The van der Waals surface area contributed by atoms with E-state index in [2.05, 4.69) is 18.5 Å². The van der Waals surface area contributed by atoms with Crippen molar-refractivity contribution in [2.24, 2.45) is 7.05 Å². The summed E-state index contributed by atoms with van der Waals surface area (Å²) in [5, 5.41) is 0. The average Bonchev–Trinajstić information content (AvgIpc) is 2.17. The lowest BCUT2D eigenvalue weighted by Crippen LogP contribution is -1.93. The summed E-state index contributed by atoms with van der Waals surface area (Å²) in [6, 6.07) is 0. The molecule has 0 radical (unpaired) electrons. The van der Waals surface area contributed by atoms with Crippen molar-refractivity contribution in [3.8, 4) is 0 Å². The van der Waals surface area contributed by atoms with Crippen LogP contribution in [0, 0.1) is 13.8 Å². The summed E-state index contributed by atoms with van der Waals surface area (Å²) >= 11 is 0. The van der Waals surface area contributed by atoms with Crippen LogP contribution in [0.25, 0.3) is 6.08 Å². The van der Waals surface area contributed by atoms with Crippen LogP contribution in [0.3, 0.4) is 0 Å². The Kier molecular flexibility index (Phi) is 1.62. The molecule has 1 aromatic heterocycles. The summed E-state index contributed by atoms with van der Waals surface area (Å²) in [6.07, 6.45) is 1.76. The molecule has 0 aliphatic carbocycles. The van der Waals surface area contributed by atoms with Gasteiger partial charge in [-0.15, -0.1) is 0 Å². The third-order valence-corrected chi connectivity index (χ3v) is 1.84. The Balaban J connectivity index is 3.30. The maximum absolute atomic E-state index is 4.27. The van der Waals surface area contributed by atoms with E-state index in [-0.39, 0.29) is 0 Å². The molecular weight excluding hydrogens is 124 g/mol. The molecule has 0 saturated heterocycles. The van der Waals surface area contributed by atoms with E-state index in [1.54, 1.807) is 6.08 Å². The SMILES string of the molecule is C=Cc1nc(C)c(C)n1C. The van der Waals surface area contributed by atoms with Gasteiger partial charge in [-0.2, -0.15) is 0 Å². The first-order valence-corrected chi connectivity index (χ1v) is 3.29. The molecule has 1 aromatic rings. The zero-order chi connectivity index (χ0) is 7.72. The smallest absolute Gasteiger partial charge is 0.132 e. The maximum Gasteiger partial charge on any atom is 0.132 e. The van der Waals surface area contributed by atoms with E-state index in [4.69, 9.17) is 0 Å². The molecule has 1 heterocycles. The second-order valence-corrected chi connectivity index (χ2v) is 2.40. The third-order valence-electron chi connectivity index (χ3n) is 1.84. The van der Waals surface area contributed by atoms with Crippen molar-refractivity contribution >= 4 is 6.08 Å². The highest BCUT2D eigenvalue weighted by molar-refractivity contribution is 5.39. The minimum atomic E-state index is 0.940. The van der Waals surface area contributed by atoms with Gasteiger partial charge in [-0.1, -0.05) is 6.58 Å². The topological polar surface area (TPSA) is 17.8 Å². The predicted octanol–water partition coefficient (Wildman–Crippen LogP) is 1.68. The first-order valence-electron chi connectivity index (χ1n) is 3.29. The zero-order valence-corrected chi connectivity index (χ0v) is 6.68. The molecule has 0 unspecified atom stereocenters. The Morgan fingerprint density at radius 2 is 2.10 bits per heavy atom. The molecule has 0 atom stereocenters. The number of aryl methyl sites for hydroxylation is 1. The number of aromatic nitrogens is 2. The lowest BCUT2D eigenvalue weighted by atomic mass is 10.4. The van der Waals surface area contributed by atoms with Crippen LogP contribution in [0.2, 0.25) is 0 Å². The Morgan fingerprint density at radius 1 is 1.50 bits per heavy atom. The molecule has 0 amide bonds. The quantitative estimate of drug-likeness (QED) is 0.574. The van der Waals surface area contributed by atoms with E-state index in [0.717, 1.165) is 11.5 Å². The van der Waals surface area contributed by atoms with Crippen LogP contribution in [0.4, 0.5) is 0 Å². The van der Waals surface area contributed by atoms with Crippen molar-refractivity contribution in [2.75, 3.05) is 0 Å². The van der Waals surface area contributed by atoms with Gasteiger partial charge in [-0.3, -0.25) is 0 Å². The van der Waals surface area contributed by atoms with Crippen molar-refractivity contribution in [1.82, 2.24) is 9.55 Å². The second kappa shape index (κ2) is 2.29. The van der Waals surface area contributed by atoms with Gasteiger partial charge in [0.05, 0.1) is 5.69 Å². The van der Waals surface area contributed by atoms with Gasteiger partial charge in [0, 0.05) is 12.7 Å². The third kappa shape index (κ3) is 0.856. The summed E-state index contributed by atoms with van der Waals surface area (Å²) in [7, 11) is 1.99. The van der Waals surface area contributed by atoms with Crippen LogP contribution < -0.4 is 0 Å². The summed E-state index contributed by atoms with van der Waals surface area (Å²) in [5.41, 5.74) is 2.28. The molecule has 2 heteroatoms. The molecule has 0 aliphatic heterocycles. The number of hydrogen-bond donors (Lipinski definition) is 0. The molecule has 2 nitrogen and oxygen atoms in total. The van der Waals surface area contributed by atoms with Gasteiger partial charge in [-0.25, -0.2) is 4.98 Å². The van der Waals surface area contributed by atoms with Crippen LogP contribution in [0.5, 0.6) is 0 Å². The normalized spacial score (nSPS) is 9.90. The second-order valence-electron chi connectivity index (χ2n) is 2.40. The molecule has 10 heavy (non-hydrogen) atoms. The van der Waals surface area contributed by atoms with Gasteiger partial charge >= 0.3 is 0 Å². The van der Waals surface area contributed by atoms with Crippen LogP contribution >= 0.6 is 0 Å². The van der Waals surface area contributed by atoms with Crippen LogP contribution in [-0.2, 0) is 7.05 Å². The zero-order valence-electron chi connectivity index (χ0n) is 6.68. The van der Waals surface area contributed by atoms with Gasteiger partial charge in [0.15, 0.2) is 0 Å². The largest absolute Gasteiger partial charge is 0.332 e. The number of hydrogen-bond acceptors (Lipinski definition) is 1. The van der Waals surface area contributed by atoms with Crippen molar-refractivity contribution in [3.05, 3.63) is 23.8 Å². The molecule has 0 spiro atoms. The standard InChI is InChI=1S/C8H12N2/c1-5-8-9-6(2)7(3)10(8)4/h5H,1H2,2-4H3. The van der Waals surface area contributed by atoms with E-state index in [9.17, 15) is 0 Å². The summed E-state index contributed by atoms with van der Waals surface area (Å²) < 4.78 is 2.03. The number of nitrogens with zero attached hydrogens (tertiary/aromatic N) is 2. The fraction of sp³-hybridized carbons (Fsp3) is 0.375. The molecule has 0 fully saturated rings. The van der Waals surface area contributed by atoms with Crippen molar-refractivity contribution in [3.63, 3.8) is 0 Å². The predicted molar refractivity (Wildman–Crippen MR) is 42.8 cm³/mol. The van der Waals surface area contributed by atoms with Gasteiger partial charge in [0.25, 0.3) is 0 Å². The summed E-state index contributed by atoms with van der Waals surface area (Å²) in [4.78, 5) is 4.27. The molecule has 0 bridgehead atoms. The highest BCUT2D eigenvalue weighted by Crippen LogP contribution is 2.07. The fourth-order valence-electron chi connectivity index (χ4n) is 0.925. The Bertz CT molecular complexity index is 258. The van der Waals surface area contributed by atoms with Crippen LogP contribution in [0.15, 0.2) is 6.58 Å².